The number of fused-ring (bicyclic) bond motifs is 1. The lowest BCUT2D eigenvalue weighted by Gasteiger charge is -2.40. The van der Waals surface area contributed by atoms with E-state index < -0.39 is 52.9 Å². The highest BCUT2D eigenvalue weighted by molar-refractivity contribution is 5.98. The highest BCUT2D eigenvalue weighted by Crippen LogP contribution is 2.41. The molecule has 1 aromatic heterocycles. The Morgan fingerprint density at radius 3 is 2.06 bits per heavy atom. The van der Waals surface area contributed by atoms with Gasteiger partial charge in [0.2, 0.25) is 17.7 Å². The van der Waals surface area contributed by atoms with Crippen molar-refractivity contribution in [3.63, 3.8) is 0 Å². The van der Waals surface area contributed by atoms with Gasteiger partial charge < -0.3 is 29.7 Å². The lowest BCUT2D eigenvalue weighted by molar-refractivity contribution is -0.217. The Labute approximate surface area is 444 Å². The van der Waals surface area contributed by atoms with Crippen LogP contribution >= 0.6 is 0 Å². The van der Waals surface area contributed by atoms with E-state index in [1.165, 1.54) is 30.3 Å². The number of benzene rings is 3. The Morgan fingerprint density at radius 2 is 1.38 bits per heavy atom. The maximum atomic E-state index is 16.4. The average Bonchev–Trinajstić information content (AvgIpc) is 3.44. The molecular formula is C57H69F5N8O7. The number of hydrogen-bond donors (Lipinski definition) is 2. The van der Waals surface area contributed by atoms with Gasteiger partial charge in [0.05, 0.1) is 41.0 Å². The molecule has 5 aliphatic rings. The molecule has 15 nitrogen and oxygen atoms in total. The van der Waals surface area contributed by atoms with Crippen molar-refractivity contribution < 1.29 is 50.7 Å². The van der Waals surface area contributed by atoms with Gasteiger partial charge in [0.25, 0.3) is 17.4 Å². The van der Waals surface area contributed by atoms with Gasteiger partial charge in [0.15, 0.2) is 0 Å². The SMILES string of the molecule is CC(C)(C(=O)N1CCCC(c2cccc(C(=O)N[C@@H](C(=O)N3CCC(OC4CCN(CC(=O)N5CCN(C(=O)c6cc(Cc7n[nH]c(=O)c8ccccc78)ccc6F)CC5)CC4)CC3)C3CCCCC3)c2F)C1)C(F)(F)F. The fourth-order valence-electron chi connectivity index (χ4n) is 11.9. The van der Waals surface area contributed by atoms with E-state index in [9.17, 15) is 41.9 Å². The number of nitrogens with one attached hydrogen (secondary N) is 2. The number of piperazine rings is 1. The second-order valence-corrected chi connectivity index (χ2v) is 22.1. The van der Waals surface area contributed by atoms with E-state index in [0.29, 0.717) is 87.0 Å². The summed E-state index contributed by atoms with van der Waals surface area (Å²) >= 11 is 0. The first-order chi connectivity index (χ1) is 36.9. The van der Waals surface area contributed by atoms with Gasteiger partial charge in [-0.3, -0.25) is 33.7 Å². The summed E-state index contributed by atoms with van der Waals surface area (Å²) in [6.07, 6.45) is 3.19. The molecular weight excluding hydrogens is 1000 g/mol. The van der Waals surface area contributed by atoms with E-state index in [4.69, 9.17) is 4.74 Å². The van der Waals surface area contributed by atoms with Crippen LogP contribution in [-0.2, 0) is 25.5 Å². The number of piperidine rings is 3. The van der Waals surface area contributed by atoms with Crippen molar-refractivity contribution in [1.29, 1.82) is 0 Å². The van der Waals surface area contributed by atoms with Gasteiger partial charge in [-0.25, -0.2) is 13.9 Å². The molecule has 2 atom stereocenters. The number of H-pyrrole nitrogens is 1. The van der Waals surface area contributed by atoms with Gasteiger partial charge in [-0.15, -0.1) is 0 Å². The quantitative estimate of drug-likeness (QED) is 0.131. The smallest absolute Gasteiger partial charge is 0.375 e. The molecule has 4 aliphatic heterocycles. The summed E-state index contributed by atoms with van der Waals surface area (Å²) in [6.45, 7) is 5.28. The van der Waals surface area contributed by atoms with Crippen LogP contribution in [0.5, 0.6) is 0 Å². The molecule has 0 bridgehead atoms. The minimum absolute atomic E-state index is 0.0155. The number of halogens is 5. The summed E-state index contributed by atoms with van der Waals surface area (Å²) in [6, 6.07) is 15.0. The third kappa shape index (κ3) is 12.5. The predicted octanol–water partition coefficient (Wildman–Crippen LogP) is 7.22. The summed E-state index contributed by atoms with van der Waals surface area (Å²) < 4.78 is 79.4. The minimum Gasteiger partial charge on any atom is -0.375 e. The summed E-state index contributed by atoms with van der Waals surface area (Å²) in [4.78, 5) is 89.0. The third-order valence-corrected chi connectivity index (χ3v) is 16.7. The molecule has 2 N–H and O–H groups in total. The van der Waals surface area contributed by atoms with Crippen LogP contribution in [0.15, 0.2) is 65.5 Å². The van der Waals surface area contributed by atoms with E-state index in [-0.39, 0.29) is 91.3 Å². The molecule has 77 heavy (non-hydrogen) atoms. The Morgan fingerprint density at radius 1 is 0.714 bits per heavy atom. The third-order valence-electron chi connectivity index (χ3n) is 16.7. The van der Waals surface area contributed by atoms with Crippen LogP contribution in [-0.4, -0.2) is 161 Å². The normalized spacial score (nSPS) is 20.3. The van der Waals surface area contributed by atoms with Gasteiger partial charge in [-0.1, -0.05) is 55.7 Å². The minimum atomic E-state index is -4.76. The van der Waals surface area contributed by atoms with E-state index in [0.717, 1.165) is 63.7 Å². The van der Waals surface area contributed by atoms with Gasteiger partial charge in [-0.2, -0.15) is 18.3 Å². The molecule has 0 spiro atoms. The van der Waals surface area contributed by atoms with Gasteiger partial charge in [0, 0.05) is 83.2 Å². The number of likely N-dealkylation sites (tertiary alicyclic amines) is 3. The molecule has 5 fully saturated rings. The van der Waals surface area contributed by atoms with E-state index in [1.54, 1.807) is 39.0 Å². The van der Waals surface area contributed by atoms with Crippen molar-refractivity contribution in [2.24, 2.45) is 11.3 Å². The number of amides is 5. The van der Waals surface area contributed by atoms with Crippen LogP contribution in [0, 0.1) is 23.0 Å². The van der Waals surface area contributed by atoms with E-state index in [2.05, 4.69) is 20.4 Å². The zero-order valence-electron chi connectivity index (χ0n) is 43.9. The molecule has 4 saturated heterocycles. The van der Waals surface area contributed by atoms with Crippen molar-refractivity contribution >= 4 is 40.3 Å². The average molecular weight is 1070 g/mol. The lowest BCUT2D eigenvalue weighted by Crippen LogP contribution is -2.55. The van der Waals surface area contributed by atoms with Crippen molar-refractivity contribution in [3.05, 3.63) is 111 Å². The zero-order valence-corrected chi connectivity index (χ0v) is 43.9. The maximum Gasteiger partial charge on any atom is 0.402 e. The number of aromatic amines is 1. The number of alkyl halides is 3. The molecule has 20 heteroatoms. The van der Waals surface area contributed by atoms with Crippen molar-refractivity contribution in [2.75, 3.05) is 72.0 Å². The first-order valence-electron chi connectivity index (χ1n) is 27.3. The largest absolute Gasteiger partial charge is 0.402 e. The molecule has 1 saturated carbocycles. The van der Waals surface area contributed by atoms with E-state index in [1.807, 2.05) is 6.07 Å². The molecule has 5 heterocycles. The van der Waals surface area contributed by atoms with Crippen molar-refractivity contribution in [1.82, 2.24) is 40.0 Å². The Balaban J connectivity index is 0.720. The number of hydrogen-bond acceptors (Lipinski definition) is 9. The lowest BCUT2D eigenvalue weighted by atomic mass is 9.82. The van der Waals surface area contributed by atoms with Gasteiger partial charge in [-0.05, 0) is 107 Å². The van der Waals surface area contributed by atoms with Crippen LogP contribution in [0.1, 0.15) is 128 Å². The Kier molecular flexibility index (Phi) is 17.1. The monoisotopic (exact) mass is 1070 g/mol. The van der Waals surface area contributed by atoms with Crippen molar-refractivity contribution in [3.8, 4) is 0 Å². The van der Waals surface area contributed by atoms with Crippen LogP contribution < -0.4 is 10.9 Å². The number of ether oxygens (including phenoxy) is 1. The topological polar surface area (TPSA) is 169 Å². The highest BCUT2D eigenvalue weighted by atomic mass is 19.4. The Bertz CT molecular complexity index is 2870. The fraction of sp³-hybridized carbons (Fsp3) is 0.561. The number of aromatic nitrogens is 2. The molecule has 3 aromatic carbocycles. The first kappa shape index (κ1) is 55.5. The molecule has 4 aromatic rings. The second-order valence-electron chi connectivity index (χ2n) is 22.1. The molecule has 1 aliphatic carbocycles. The zero-order chi connectivity index (χ0) is 54.6. The van der Waals surface area contributed by atoms with Crippen molar-refractivity contribution in [2.45, 2.75) is 121 Å². The highest BCUT2D eigenvalue weighted by Gasteiger charge is 2.55. The second kappa shape index (κ2) is 23.8. The fourth-order valence-corrected chi connectivity index (χ4v) is 11.9. The number of carbonyl (C=O) groups is 5. The van der Waals surface area contributed by atoms with Crippen LogP contribution in [0.25, 0.3) is 10.8 Å². The van der Waals surface area contributed by atoms with E-state index >= 15 is 8.78 Å². The van der Waals surface area contributed by atoms with Crippen LogP contribution in [0.3, 0.4) is 0 Å². The standard InChI is InChI=1S/C57H69F5N8O7/c1-56(2,57(60,61)62)55(76)70-23-9-12-38(34-70)41-15-8-16-44(49(41)59)51(72)63-50(37-10-4-3-5-11-37)54(75)68-26-21-40(22-27-68)77-39-19-24-66(25-20-39)35-48(71)67-28-30-69(31-29-67)53(74)45-32-36(17-18-46(45)58)33-47-42-13-6-7-14-43(42)52(73)65-64-47/h6-8,13-18,32,37-40,50H,3-5,9-12,19-31,33-35H2,1-2H3,(H,63,72)(H,65,73)/t38?,50-/m1/s1. The summed E-state index contributed by atoms with van der Waals surface area (Å²) in [5.74, 6) is -4.71. The Hall–Kier alpha value is -6.28. The molecule has 1 unspecified atom stereocenters. The summed E-state index contributed by atoms with van der Waals surface area (Å²) in [5, 5.41) is 10.8. The maximum absolute atomic E-state index is 16.4. The van der Waals surface area contributed by atoms with Crippen LogP contribution in [0.4, 0.5) is 22.0 Å². The first-order valence-corrected chi connectivity index (χ1v) is 27.3. The summed E-state index contributed by atoms with van der Waals surface area (Å²) in [7, 11) is 0. The molecule has 414 valence electrons. The predicted molar refractivity (Wildman–Crippen MR) is 277 cm³/mol. The summed E-state index contributed by atoms with van der Waals surface area (Å²) in [5.41, 5.74) is -1.81. The van der Waals surface area contributed by atoms with Crippen LogP contribution in [0.2, 0.25) is 0 Å². The molecule has 0 radical (unpaired) electrons. The molecule has 5 amide bonds. The van der Waals surface area contributed by atoms with Gasteiger partial charge >= 0.3 is 6.18 Å². The van der Waals surface area contributed by atoms with Gasteiger partial charge in [0.1, 0.15) is 23.1 Å². The number of nitrogens with zero attached hydrogens (tertiary/aromatic N) is 6. The number of rotatable bonds is 13. The number of carbonyl (C=O) groups excluding carboxylic acids is 5. The molecule has 9 rings (SSSR count).